The molecule has 4 rings (SSSR count). The first-order chi connectivity index (χ1) is 13.9. The van der Waals surface area contributed by atoms with Crippen LogP contribution < -0.4 is 10.2 Å². The second kappa shape index (κ2) is 7.65. The number of hydrogen-bond donors (Lipinski definition) is 2. The summed E-state index contributed by atoms with van der Waals surface area (Å²) in [5.74, 6) is 0.772. The molecule has 0 saturated heterocycles. The summed E-state index contributed by atoms with van der Waals surface area (Å²) in [5.41, 5.74) is 3.63. The molecule has 0 amide bonds. The Kier molecular flexibility index (Phi) is 5.19. The number of aryl methyl sites for hydroxylation is 1. The third kappa shape index (κ3) is 3.93. The van der Waals surface area contributed by atoms with Crippen LogP contribution >= 0.6 is 0 Å². The first kappa shape index (κ1) is 19.7. The minimum absolute atomic E-state index is 0.0142. The quantitative estimate of drug-likeness (QED) is 0.686. The van der Waals surface area contributed by atoms with Crippen LogP contribution in [0.2, 0.25) is 0 Å². The molecule has 2 aromatic carbocycles. The van der Waals surface area contributed by atoms with Crippen LogP contribution in [0.15, 0.2) is 53.4 Å². The van der Waals surface area contributed by atoms with Gasteiger partial charge in [0.1, 0.15) is 5.82 Å². The highest BCUT2D eigenvalue weighted by atomic mass is 32.2. The Balaban J connectivity index is 1.81. The van der Waals surface area contributed by atoms with E-state index in [4.69, 9.17) is 4.98 Å². The van der Waals surface area contributed by atoms with Gasteiger partial charge in [-0.05, 0) is 37.6 Å². The van der Waals surface area contributed by atoms with Gasteiger partial charge < -0.3 is 15.3 Å². The third-order valence-corrected chi connectivity index (χ3v) is 7.04. The fourth-order valence-electron chi connectivity index (χ4n) is 3.68. The summed E-state index contributed by atoms with van der Waals surface area (Å²) in [4.78, 5) is 7.24. The van der Waals surface area contributed by atoms with E-state index in [1.807, 2.05) is 49.1 Å². The van der Waals surface area contributed by atoms with Crippen LogP contribution in [0.3, 0.4) is 0 Å². The molecule has 1 atom stereocenters. The minimum atomic E-state index is -3.32. The van der Waals surface area contributed by atoms with Gasteiger partial charge in [-0.25, -0.2) is 13.4 Å². The first-order valence-electron chi connectivity index (χ1n) is 9.72. The summed E-state index contributed by atoms with van der Waals surface area (Å²) in [6, 6.07) is 15.1. The van der Waals surface area contributed by atoms with Crippen molar-refractivity contribution in [3.8, 4) is 0 Å². The van der Waals surface area contributed by atoms with Gasteiger partial charge in [0.2, 0.25) is 0 Å². The molecule has 0 radical (unpaired) electrons. The zero-order valence-electron chi connectivity index (χ0n) is 16.6. The summed E-state index contributed by atoms with van der Waals surface area (Å²) in [7, 11) is -3.32. The number of sulfone groups is 1. The zero-order chi connectivity index (χ0) is 20.6. The maximum absolute atomic E-state index is 12.7. The molecule has 1 aromatic heterocycles. The molecule has 0 aliphatic carbocycles. The molecule has 0 spiro atoms. The molecule has 0 fully saturated rings. The van der Waals surface area contributed by atoms with Gasteiger partial charge in [0.05, 0.1) is 22.8 Å². The minimum Gasteiger partial charge on any atom is -0.394 e. The van der Waals surface area contributed by atoms with E-state index in [9.17, 15) is 13.5 Å². The number of fused-ring (bicyclic) bond motifs is 2. The average molecular weight is 412 g/mol. The first-order valence-corrected chi connectivity index (χ1v) is 11.4. The number of rotatable bonds is 4. The van der Waals surface area contributed by atoms with Crippen LogP contribution in [0.4, 0.5) is 11.5 Å². The van der Waals surface area contributed by atoms with E-state index >= 15 is 0 Å². The molecular formula is C22H25N3O3S. The lowest BCUT2D eigenvalue weighted by Gasteiger charge is -2.24. The maximum Gasteiger partial charge on any atom is 0.180 e. The standard InChI is InChI=1S/C22H25N3O3S/c1-15-7-8-19-18(11-15)20(23-16(2)14-26)12-22(24-19)25-9-10-29(27,28)21-6-4-3-5-17(21)13-25/h3-8,11-12,16,26H,9-10,13-14H2,1-2H3,(H,23,24). The third-order valence-electron chi connectivity index (χ3n) is 5.25. The van der Waals surface area contributed by atoms with Crippen molar-refractivity contribution < 1.29 is 13.5 Å². The molecule has 7 heteroatoms. The number of nitrogens with zero attached hydrogens (tertiary/aromatic N) is 2. The molecule has 0 bridgehead atoms. The van der Waals surface area contributed by atoms with Gasteiger partial charge in [-0.15, -0.1) is 0 Å². The highest BCUT2D eigenvalue weighted by Gasteiger charge is 2.26. The molecule has 2 heterocycles. The van der Waals surface area contributed by atoms with Crippen molar-refractivity contribution in [1.82, 2.24) is 4.98 Å². The van der Waals surface area contributed by atoms with Gasteiger partial charge in [0.25, 0.3) is 0 Å². The Hall–Kier alpha value is -2.64. The predicted molar refractivity (Wildman–Crippen MR) is 116 cm³/mol. The molecule has 1 aliphatic heterocycles. The second-order valence-electron chi connectivity index (χ2n) is 7.62. The van der Waals surface area contributed by atoms with Crippen molar-refractivity contribution in [2.24, 2.45) is 0 Å². The smallest absolute Gasteiger partial charge is 0.180 e. The van der Waals surface area contributed by atoms with Gasteiger partial charge in [-0.1, -0.05) is 29.8 Å². The van der Waals surface area contributed by atoms with Crippen molar-refractivity contribution in [2.45, 2.75) is 31.3 Å². The number of benzene rings is 2. The molecule has 1 aliphatic rings. The lowest BCUT2D eigenvalue weighted by atomic mass is 10.1. The molecule has 3 aromatic rings. The van der Waals surface area contributed by atoms with Gasteiger partial charge in [-0.3, -0.25) is 0 Å². The molecule has 0 saturated carbocycles. The summed E-state index contributed by atoms with van der Waals surface area (Å²) in [6.07, 6.45) is 0. The van der Waals surface area contributed by atoms with Crippen molar-refractivity contribution in [3.63, 3.8) is 0 Å². The number of pyridine rings is 1. The summed E-state index contributed by atoms with van der Waals surface area (Å²) in [5, 5.41) is 13.8. The van der Waals surface area contributed by atoms with E-state index in [1.165, 1.54) is 0 Å². The van der Waals surface area contributed by atoms with Crippen LogP contribution in [0.5, 0.6) is 0 Å². The number of anilines is 2. The number of aliphatic hydroxyl groups is 1. The second-order valence-corrected chi connectivity index (χ2v) is 9.70. The largest absolute Gasteiger partial charge is 0.394 e. The predicted octanol–water partition coefficient (Wildman–Crippen LogP) is 3.13. The fraction of sp³-hybridized carbons (Fsp3) is 0.318. The lowest BCUT2D eigenvalue weighted by molar-refractivity contribution is 0.281. The van der Waals surface area contributed by atoms with E-state index in [1.54, 1.807) is 12.1 Å². The summed E-state index contributed by atoms with van der Waals surface area (Å²) in [6.45, 7) is 4.81. The highest BCUT2D eigenvalue weighted by Crippen LogP contribution is 2.31. The Morgan fingerprint density at radius 1 is 1.21 bits per heavy atom. The zero-order valence-corrected chi connectivity index (χ0v) is 17.4. The van der Waals surface area contributed by atoms with E-state index < -0.39 is 9.84 Å². The Labute approximate surface area is 171 Å². The van der Waals surface area contributed by atoms with Gasteiger partial charge >= 0.3 is 0 Å². The van der Waals surface area contributed by atoms with Gasteiger partial charge in [0, 0.05) is 36.3 Å². The fourth-order valence-corrected chi connectivity index (χ4v) is 5.18. The topological polar surface area (TPSA) is 82.5 Å². The average Bonchev–Trinajstić information content (AvgIpc) is 2.84. The molecule has 29 heavy (non-hydrogen) atoms. The van der Waals surface area contributed by atoms with Crippen LogP contribution in [0.1, 0.15) is 18.1 Å². The van der Waals surface area contributed by atoms with Crippen molar-refractivity contribution in [1.29, 1.82) is 0 Å². The number of hydrogen-bond acceptors (Lipinski definition) is 6. The van der Waals surface area contributed by atoms with Crippen molar-refractivity contribution >= 4 is 32.2 Å². The number of aliphatic hydroxyl groups excluding tert-OH is 1. The van der Waals surface area contributed by atoms with Crippen LogP contribution in [-0.2, 0) is 16.4 Å². The Morgan fingerprint density at radius 3 is 2.79 bits per heavy atom. The monoisotopic (exact) mass is 411 g/mol. The molecule has 152 valence electrons. The Morgan fingerprint density at radius 2 is 2.00 bits per heavy atom. The highest BCUT2D eigenvalue weighted by molar-refractivity contribution is 7.91. The maximum atomic E-state index is 12.7. The summed E-state index contributed by atoms with van der Waals surface area (Å²) < 4.78 is 25.4. The number of aromatic nitrogens is 1. The van der Waals surface area contributed by atoms with E-state index in [0.29, 0.717) is 18.0 Å². The lowest BCUT2D eigenvalue weighted by Crippen LogP contribution is -2.27. The van der Waals surface area contributed by atoms with E-state index in [-0.39, 0.29) is 18.4 Å². The number of nitrogens with one attached hydrogen (secondary N) is 1. The SMILES string of the molecule is Cc1ccc2nc(N3CCS(=O)(=O)c4ccccc4C3)cc(NC(C)CO)c2c1. The molecule has 6 nitrogen and oxygen atoms in total. The molecule has 2 N–H and O–H groups in total. The van der Waals surface area contributed by atoms with Crippen LogP contribution in [0, 0.1) is 6.92 Å². The van der Waals surface area contributed by atoms with Crippen LogP contribution in [0.25, 0.3) is 10.9 Å². The van der Waals surface area contributed by atoms with E-state index in [2.05, 4.69) is 11.4 Å². The van der Waals surface area contributed by atoms with E-state index in [0.717, 1.165) is 33.5 Å². The molecular weight excluding hydrogens is 386 g/mol. The molecule has 1 unspecified atom stereocenters. The Bertz CT molecular complexity index is 1160. The normalized spacial score (nSPS) is 16.9. The van der Waals surface area contributed by atoms with Crippen molar-refractivity contribution in [3.05, 3.63) is 59.7 Å². The van der Waals surface area contributed by atoms with Crippen LogP contribution in [-0.4, -0.2) is 43.5 Å². The summed E-state index contributed by atoms with van der Waals surface area (Å²) >= 11 is 0. The van der Waals surface area contributed by atoms with Gasteiger partial charge in [-0.2, -0.15) is 0 Å². The van der Waals surface area contributed by atoms with Gasteiger partial charge in [0.15, 0.2) is 9.84 Å². The van der Waals surface area contributed by atoms with Crippen molar-refractivity contribution in [2.75, 3.05) is 29.1 Å².